The molecule has 0 aliphatic rings. The highest BCUT2D eigenvalue weighted by molar-refractivity contribution is 7.14. The summed E-state index contributed by atoms with van der Waals surface area (Å²) >= 11 is 1.41. The molecule has 0 aliphatic carbocycles. The molecular formula is C16H18N4O2S. The van der Waals surface area contributed by atoms with Gasteiger partial charge in [-0.05, 0) is 31.6 Å². The van der Waals surface area contributed by atoms with Gasteiger partial charge in [0.05, 0.1) is 12.2 Å². The van der Waals surface area contributed by atoms with Crippen LogP contribution in [-0.4, -0.2) is 34.9 Å². The van der Waals surface area contributed by atoms with Crippen LogP contribution in [0.15, 0.2) is 36.0 Å². The number of likely N-dealkylation sites (N-methyl/N-ethyl adjacent to an activating group) is 1. The second-order valence-electron chi connectivity index (χ2n) is 4.75. The predicted octanol–water partition coefficient (Wildman–Crippen LogP) is 2.03. The zero-order chi connectivity index (χ0) is 16.7. The summed E-state index contributed by atoms with van der Waals surface area (Å²) < 4.78 is 0. The van der Waals surface area contributed by atoms with Crippen LogP contribution in [0.2, 0.25) is 0 Å². The number of hydrogen-bond acceptors (Lipinski definition) is 5. The Bertz CT molecular complexity index is 697. The van der Waals surface area contributed by atoms with Crippen molar-refractivity contribution < 1.29 is 9.59 Å². The van der Waals surface area contributed by atoms with Crippen molar-refractivity contribution in [3.8, 4) is 0 Å². The summed E-state index contributed by atoms with van der Waals surface area (Å²) in [5.74, 6) is -0.515. The number of anilines is 1. The topological polar surface area (TPSA) is 75.2 Å². The van der Waals surface area contributed by atoms with Crippen molar-refractivity contribution in [3.05, 3.63) is 47.2 Å². The van der Waals surface area contributed by atoms with E-state index < -0.39 is 0 Å². The molecule has 0 bridgehead atoms. The van der Waals surface area contributed by atoms with Gasteiger partial charge in [0.15, 0.2) is 5.13 Å². The fourth-order valence-corrected chi connectivity index (χ4v) is 2.73. The minimum absolute atomic E-state index is 0.0668. The summed E-state index contributed by atoms with van der Waals surface area (Å²) in [7, 11) is 0. The van der Waals surface area contributed by atoms with Crippen LogP contribution in [0.3, 0.4) is 0 Å². The molecule has 0 fully saturated rings. The first-order valence-corrected chi connectivity index (χ1v) is 8.06. The number of pyridine rings is 1. The molecular weight excluding hydrogens is 312 g/mol. The Morgan fingerprint density at radius 1 is 1.43 bits per heavy atom. The normalized spacial score (nSPS) is 10.7. The van der Waals surface area contributed by atoms with Gasteiger partial charge in [0.1, 0.15) is 0 Å². The van der Waals surface area contributed by atoms with Crippen LogP contribution in [0.4, 0.5) is 5.13 Å². The molecule has 0 atom stereocenters. The van der Waals surface area contributed by atoms with Crippen molar-refractivity contribution in [1.29, 1.82) is 0 Å². The van der Waals surface area contributed by atoms with E-state index in [0.717, 1.165) is 11.3 Å². The maximum atomic E-state index is 12.2. The van der Waals surface area contributed by atoms with Gasteiger partial charge in [0.2, 0.25) is 11.8 Å². The average Bonchev–Trinajstić information content (AvgIpc) is 2.98. The number of carbonyl (C=O) groups excluding carboxylic acids is 2. The van der Waals surface area contributed by atoms with Crippen LogP contribution in [0.5, 0.6) is 0 Å². The molecule has 0 aromatic carbocycles. The quantitative estimate of drug-likeness (QED) is 0.822. The number of aryl methyl sites for hydroxylation is 1. The third kappa shape index (κ3) is 5.00. The Hall–Kier alpha value is -2.54. The van der Waals surface area contributed by atoms with Gasteiger partial charge in [-0.1, -0.05) is 6.07 Å². The van der Waals surface area contributed by atoms with Crippen molar-refractivity contribution in [1.82, 2.24) is 15.3 Å². The number of hydrogen-bond donors (Lipinski definition) is 1. The van der Waals surface area contributed by atoms with Gasteiger partial charge in [-0.25, -0.2) is 4.98 Å². The van der Waals surface area contributed by atoms with Gasteiger partial charge in [0.25, 0.3) is 0 Å². The number of aromatic nitrogens is 2. The number of amides is 2. The third-order valence-corrected chi connectivity index (χ3v) is 3.96. The largest absolute Gasteiger partial charge is 0.343 e. The lowest BCUT2D eigenvalue weighted by Gasteiger charge is -2.17. The van der Waals surface area contributed by atoms with Crippen LogP contribution in [-0.2, 0) is 9.59 Å². The fourth-order valence-electron chi connectivity index (χ4n) is 1.85. The summed E-state index contributed by atoms with van der Waals surface area (Å²) in [4.78, 5) is 33.8. The van der Waals surface area contributed by atoms with Crippen LogP contribution in [0.25, 0.3) is 6.08 Å². The van der Waals surface area contributed by atoms with Gasteiger partial charge >= 0.3 is 0 Å². The van der Waals surface area contributed by atoms with Gasteiger partial charge in [-0.2, -0.15) is 0 Å². The molecule has 0 radical (unpaired) electrons. The van der Waals surface area contributed by atoms with Crippen molar-refractivity contribution in [2.45, 2.75) is 13.8 Å². The van der Waals surface area contributed by atoms with E-state index in [1.54, 1.807) is 29.4 Å². The molecule has 2 rings (SSSR count). The Morgan fingerprint density at radius 2 is 2.26 bits per heavy atom. The highest BCUT2D eigenvalue weighted by Crippen LogP contribution is 2.19. The monoisotopic (exact) mass is 330 g/mol. The van der Waals surface area contributed by atoms with E-state index >= 15 is 0 Å². The molecule has 2 amide bonds. The molecule has 1 N–H and O–H groups in total. The number of thiazole rings is 1. The van der Waals surface area contributed by atoms with Crippen molar-refractivity contribution in [2.24, 2.45) is 0 Å². The number of nitrogens with one attached hydrogen (secondary N) is 1. The third-order valence-electron chi connectivity index (χ3n) is 2.98. The molecule has 0 spiro atoms. The first-order chi connectivity index (χ1) is 11.1. The standard InChI is InChI=1S/C16H18N4O2S/c1-3-20(16-19-12(2)11-23-16)15(22)10-18-14(21)7-6-13-5-4-8-17-9-13/h4-9,11H,3,10H2,1-2H3,(H,18,21). The Kier molecular flexibility index (Phi) is 5.99. The van der Waals surface area contributed by atoms with Crippen LogP contribution in [0.1, 0.15) is 18.2 Å². The molecule has 2 aromatic heterocycles. The lowest BCUT2D eigenvalue weighted by Crippen LogP contribution is -2.39. The zero-order valence-corrected chi connectivity index (χ0v) is 13.8. The van der Waals surface area contributed by atoms with E-state index in [9.17, 15) is 9.59 Å². The maximum Gasteiger partial charge on any atom is 0.248 e. The minimum Gasteiger partial charge on any atom is -0.343 e. The molecule has 2 aromatic rings. The van der Waals surface area contributed by atoms with E-state index in [4.69, 9.17) is 0 Å². The number of rotatable bonds is 6. The van der Waals surface area contributed by atoms with Gasteiger partial charge in [-0.15, -0.1) is 11.3 Å². The Morgan fingerprint density at radius 3 is 2.87 bits per heavy atom. The molecule has 0 saturated carbocycles. The van der Waals surface area contributed by atoms with Gasteiger partial charge < -0.3 is 5.32 Å². The van der Waals surface area contributed by atoms with Crippen molar-refractivity contribution in [3.63, 3.8) is 0 Å². The molecule has 6 nitrogen and oxygen atoms in total. The van der Waals surface area contributed by atoms with E-state index in [1.807, 2.05) is 25.3 Å². The first-order valence-electron chi connectivity index (χ1n) is 7.18. The highest BCUT2D eigenvalue weighted by atomic mass is 32.1. The van der Waals surface area contributed by atoms with Gasteiger partial charge in [-0.3, -0.25) is 19.5 Å². The lowest BCUT2D eigenvalue weighted by molar-refractivity contribution is -0.122. The Labute approximate surface area is 138 Å². The summed E-state index contributed by atoms with van der Waals surface area (Å²) in [5.41, 5.74) is 1.70. The zero-order valence-electron chi connectivity index (χ0n) is 13.0. The van der Waals surface area contributed by atoms with Gasteiger partial charge in [0, 0.05) is 30.4 Å². The molecule has 23 heavy (non-hydrogen) atoms. The van der Waals surface area contributed by atoms with E-state index in [2.05, 4.69) is 15.3 Å². The summed E-state index contributed by atoms with van der Waals surface area (Å²) in [6.07, 6.45) is 6.34. The van der Waals surface area contributed by atoms with E-state index in [1.165, 1.54) is 17.4 Å². The second kappa shape index (κ2) is 8.19. The minimum atomic E-state index is -0.325. The second-order valence-corrected chi connectivity index (χ2v) is 5.58. The van der Waals surface area contributed by atoms with Crippen LogP contribution in [0, 0.1) is 6.92 Å². The first kappa shape index (κ1) is 16.8. The average molecular weight is 330 g/mol. The molecule has 2 heterocycles. The predicted molar refractivity (Wildman–Crippen MR) is 91.2 cm³/mol. The molecule has 0 aliphatic heterocycles. The molecule has 0 unspecified atom stereocenters. The van der Waals surface area contributed by atoms with Crippen LogP contribution >= 0.6 is 11.3 Å². The lowest BCUT2D eigenvalue weighted by atomic mass is 10.2. The van der Waals surface area contributed by atoms with Crippen molar-refractivity contribution in [2.75, 3.05) is 18.0 Å². The van der Waals surface area contributed by atoms with E-state index in [-0.39, 0.29) is 18.4 Å². The number of nitrogens with zero attached hydrogens (tertiary/aromatic N) is 3. The number of carbonyl (C=O) groups is 2. The molecule has 7 heteroatoms. The summed E-state index contributed by atoms with van der Waals surface area (Å²) in [6.45, 7) is 4.19. The Balaban J connectivity index is 1.88. The maximum absolute atomic E-state index is 12.2. The smallest absolute Gasteiger partial charge is 0.248 e. The molecule has 120 valence electrons. The summed E-state index contributed by atoms with van der Waals surface area (Å²) in [5, 5.41) is 5.12. The molecule has 0 saturated heterocycles. The highest BCUT2D eigenvalue weighted by Gasteiger charge is 2.16. The summed E-state index contributed by atoms with van der Waals surface area (Å²) in [6, 6.07) is 3.63. The fraction of sp³-hybridized carbons (Fsp3) is 0.250. The van der Waals surface area contributed by atoms with Crippen molar-refractivity contribution >= 4 is 34.4 Å². The van der Waals surface area contributed by atoms with E-state index in [0.29, 0.717) is 11.7 Å². The van der Waals surface area contributed by atoms with Crippen LogP contribution < -0.4 is 10.2 Å². The SMILES string of the molecule is CCN(C(=O)CNC(=O)C=Cc1cccnc1)c1nc(C)cs1.